The van der Waals surface area contributed by atoms with Crippen molar-refractivity contribution in [3.05, 3.63) is 0 Å². The first-order valence-electron chi connectivity index (χ1n) is 47.3. The number of aliphatic hydroxyl groups excluding tert-OH is 1. The molecule has 0 saturated heterocycles. The normalized spacial score (nSPS) is 13.6. The molecule has 19 heteroatoms. The van der Waals surface area contributed by atoms with Gasteiger partial charge in [0.1, 0.15) is 19.3 Å². The van der Waals surface area contributed by atoms with Crippen molar-refractivity contribution in [3.8, 4) is 0 Å². The Morgan fingerprint density at radius 3 is 0.536 bits per heavy atom. The third kappa shape index (κ3) is 84.0. The Morgan fingerprint density at radius 2 is 0.364 bits per heavy atom. The number of hydrogen-bond donors (Lipinski definition) is 3. The summed E-state index contributed by atoms with van der Waals surface area (Å²) < 4.78 is 69.1. The predicted molar refractivity (Wildman–Crippen MR) is 455 cm³/mol. The van der Waals surface area contributed by atoms with E-state index in [4.69, 9.17) is 37.0 Å². The summed E-state index contributed by atoms with van der Waals surface area (Å²) in [6, 6.07) is 0. The maximum atomic E-state index is 13.2. The van der Waals surface area contributed by atoms with Crippen molar-refractivity contribution >= 4 is 39.5 Å². The Bertz CT molecular complexity index is 2070. The maximum absolute atomic E-state index is 13.2. The molecule has 0 rings (SSSR count). The van der Waals surface area contributed by atoms with Crippen molar-refractivity contribution in [1.29, 1.82) is 0 Å². The second-order valence-corrected chi connectivity index (χ2v) is 35.6. The van der Waals surface area contributed by atoms with Gasteiger partial charge in [0.05, 0.1) is 26.4 Å². The van der Waals surface area contributed by atoms with Gasteiger partial charge in [-0.25, -0.2) is 9.13 Å². The van der Waals surface area contributed by atoms with Crippen LogP contribution in [-0.2, 0) is 65.4 Å². The number of phosphoric ester groups is 2. The van der Waals surface area contributed by atoms with Crippen LogP contribution in [0.3, 0.4) is 0 Å². The molecule has 0 bridgehead atoms. The molecule has 0 radical (unpaired) electrons. The first-order valence-corrected chi connectivity index (χ1v) is 50.3. The van der Waals surface area contributed by atoms with Crippen LogP contribution in [0.4, 0.5) is 0 Å². The van der Waals surface area contributed by atoms with Crippen molar-refractivity contribution in [1.82, 2.24) is 0 Å². The van der Waals surface area contributed by atoms with Crippen molar-refractivity contribution in [2.45, 2.75) is 521 Å². The van der Waals surface area contributed by atoms with Crippen LogP contribution in [0.25, 0.3) is 0 Å². The molecule has 0 aromatic carbocycles. The SMILES string of the molecule is CCCCCCCCCCCCCCCCCCCCCCCC(=O)O[C@H](COC(=O)CCCCCCCCCCCCCCCCCCCCC)COP(=O)(O)OC[C@@H](O)COP(=O)(O)OC[C@@H](COC(=O)CCCCCCCCCCCCCCC)OC(=O)CCCCCCCCCCCCCCCCCCC. The molecule has 654 valence electrons. The molecular weight excluding hydrogens is 1430 g/mol. The summed E-state index contributed by atoms with van der Waals surface area (Å²) in [4.78, 5) is 73.4. The van der Waals surface area contributed by atoms with E-state index in [0.29, 0.717) is 25.7 Å². The van der Waals surface area contributed by atoms with Gasteiger partial charge in [-0.05, 0) is 25.7 Å². The Kier molecular flexibility index (Phi) is 83.5. The molecule has 0 heterocycles. The third-order valence-electron chi connectivity index (χ3n) is 21.6. The molecule has 2 unspecified atom stereocenters. The third-order valence-corrected chi connectivity index (χ3v) is 23.5. The molecule has 0 saturated carbocycles. The first-order chi connectivity index (χ1) is 53.7. The highest BCUT2D eigenvalue weighted by Crippen LogP contribution is 2.45. The molecule has 0 aliphatic rings. The molecule has 0 fully saturated rings. The van der Waals surface area contributed by atoms with Crippen molar-refractivity contribution < 1.29 is 80.2 Å². The number of hydrogen-bond acceptors (Lipinski definition) is 15. The summed E-state index contributed by atoms with van der Waals surface area (Å²) in [7, 11) is -9.93. The maximum Gasteiger partial charge on any atom is 0.472 e. The second kappa shape index (κ2) is 85.0. The number of rotatable bonds is 92. The standard InChI is InChI=1S/C91H178O17P2/c1-5-9-13-17-21-25-29-33-36-39-41-42-44-47-50-54-58-62-66-70-74-78-91(96)108-87(82-102-89(94)76-72-68-64-60-56-52-48-46-43-40-37-34-30-26-22-18-14-10-6-2)84-106-110(99,100)104-80-85(92)79-103-109(97,98)105-83-86(81-101-88(93)75-71-67-63-59-55-51-32-28-24-20-16-12-8-4)107-90(95)77-73-69-65-61-57-53-49-45-38-35-31-27-23-19-15-11-7-3/h85-87,92H,5-84H2,1-4H3,(H,97,98)(H,99,100)/t85-,86+,87+/m0/s1. The van der Waals surface area contributed by atoms with Crippen LogP contribution in [0.2, 0.25) is 0 Å². The fourth-order valence-corrected chi connectivity index (χ4v) is 16.0. The fourth-order valence-electron chi connectivity index (χ4n) is 14.4. The summed E-state index contributed by atoms with van der Waals surface area (Å²) in [5.74, 6) is -2.09. The van der Waals surface area contributed by atoms with Gasteiger partial charge in [-0.3, -0.25) is 37.3 Å². The van der Waals surface area contributed by atoms with E-state index < -0.39 is 97.5 Å². The zero-order valence-electron chi connectivity index (χ0n) is 72.3. The van der Waals surface area contributed by atoms with E-state index in [-0.39, 0.29) is 25.7 Å². The average molecular weight is 1610 g/mol. The van der Waals surface area contributed by atoms with Crippen LogP contribution in [0, 0.1) is 0 Å². The number of unbranched alkanes of at least 4 members (excludes halogenated alkanes) is 66. The van der Waals surface area contributed by atoms with Gasteiger partial charge < -0.3 is 33.8 Å². The average Bonchev–Trinajstić information content (AvgIpc) is 0.908. The Morgan fingerprint density at radius 1 is 0.218 bits per heavy atom. The Labute approximate surface area is 677 Å². The number of carbonyl (C=O) groups excluding carboxylic acids is 4. The van der Waals surface area contributed by atoms with Gasteiger partial charge in [0, 0.05) is 25.7 Å². The summed E-state index contributed by atoms with van der Waals surface area (Å²) in [5.41, 5.74) is 0. The quantitative estimate of drug-likeness (QED) is 0.0222. The zero-order chi connectivity index (χ0) is 80.3. The lowest BCUT2D eigenvalue weighted by Gasteiger charge is -2.21. The number of ether oxygens (including phenoxy) is 4. The Hall–Kier alpha value is -1.94. The van der Waals surface area contributed by atoms with Gasteiger partial charge in [0.2, 0.25) is 0 Å². The highest BCUT2D eigenvalue weighted by Gasteiger charge is 2.31. The van der Waals surface area contributed by atoms with E-state index in [2.05, 4.69) is 27.7 Å². The number of aliphatic hydroxyl groups is 1. The molecule has 0 aromatic rings. The molecule has 5 atom stereocenters. The van der Waals surface area contributed by atoms with Crippen LogP contribution in [0.5, 0.6) is 0 Å². The monoisotopic (exact) mass is 1610 g/mol. The van der Waals surface area contributed by atoms with Crippen LogP contribution in [0.15, 0.2) is 0 Å². The van der Waals surface area contributed by atoms with Crippen LogP contribution >= 0.6 is 15.6 Å². The zero-order valence-corrected chi connectivity index (χ0v) is 74.0. The molecule has 0 spiro atoms. The molecule has 0 aliphatic heterocycles. The van der Waals surface area contributed by atoms with E-state index in [1.807, 2.05) is 0 Å². The van der Waals surface area contributed by atoms with E-state index >= 15 is 0 Å². The molecule has 17 nitrogen and oxygen atoms in total. The number of phosphoric acid groups is 2. The minimum atomic E-state index is -4.97. The summed E-state index contributed by atoms with van der Waals surface area (Å²) in [5, 5.41) is 10.7. The molecule has 0 amide bonds. The van der Waals surface area contributed by atoms with Gasteiger partial charge in [0.25, 0.3) is 0 Å². The molecule has 0 aromatic heterocycles. The molecule has 0 aliphatic carbocycles. The van der Waals surface area contributed by atoms with Gasteiger partial charge in [0.15, 0.2) is 12.2 Å². The minimum absolute atomic E-state index is 0.110. The predicted octanol–water partition coefficient (Wildman–Crippen LogP) is 28.5. The summed E-state index contributed by atoms with van der Waals surface area (Å²) in [6.45, 7) is 5.10. The van der Waals surface area contributed by atoms with E-state index in [1.165, 1.54) is 334 Å². The van der Waals surface area contributed by atoms with E-state index in [9.17, 15) is 43.2 Å². The lowest BCUT2D eigenvalue weighted by Crippen LogP contribution is -2.30. The number of esters is 4. The van der Waals surface area contributed by atoms with E-state index in [0.717, 1.165) is 89.9 Å². The van der Waals surface area contributed by atoms with Crippen molar-refractivity contribution in [2.75, 3.05) is 39.6 Å². The van der Waals surface area contributed by atoms with Gasteiger partial charge in [-0.1, -0.05) is 451 Å². The van der Waals surface area contributed by atoms with Crippen LogP contribution in [0.1, 0.15) is 503 Å². The largest absolute Gasteiger partial charge is 0.472 e. The Balaban J connectivity index is 5.25. The first kappa shape index (κ1) is 108. The topological polar surface area (TPSA) is 237 Å². The van der Waals surface area contributed by atoms with Crippen LogP contribution < -0.4 is 0 Å². The van der Waals surface area contributed by atoms with Crippen LogP contribution in [-0.4, -0.2) is 96.7 Å². The van der Waals surface area contributed by atoms with Gasteiger partial charge in [-0.15, -0.1) is 0 Å². The summed E-state index contributed by atoms with van der Waals surface area (Å²) in [6.07, 6.45) is 82.0. The van der Waals surface area contributed by atoms with Gasteiger partial charge in [-0.2, -0.15) is 0 Å². The van der Waals surface area contributed by atoms with Crippen molar-refractivity contribution in [2.24, 2.45) is 0 Å². The van der Waals surface area contributed by atoms with Crippen molar-refractivity contribution in [3.63, 3.8) is 0 Å². The number of carbonyl (C=O) groups is 4. The highest BCUT2D eigenvalue weighted by atomic mass is 31.2. The summed E-state index contributed by atoms with van der Waals surface area (Å²) >= 11 is 0. The van der Waals surface area contributed by atoms with Gasteiger partial charge >= 0.3 is 39.5 Å². The highest BCUT2D eigenvalue weighted by molar-refractivity contribution is 7.47. The smallest absolute Gasteiger partial charge is 0.462 e. The molecule has 3 N–H and O–H groups in total. The lowest BCUT2D eigenvalue weighted by atomic mass is 10.0. The van der Waals surface area contributed by atoms with E-state index in [1.54, 1.807) is 0 Å². The minimum Gasteiger partial charge on any atom is -0.462 e. The fraction of sp³-hybridized carbons (Fsp3) is 0.956. The lowest BCUT2D eigenvalue weighted by molar-refractivity contribution is -0.161. The second-order valence-electron chi connectivity index (χ2n) is 32.7. The molecular formula is C91H178O17P2. The molecule has 110 heavy (non-hydrogen) atoms.